The van der Waals surface area contributed by atoms with Gasteiger partial charge in [0.15, 0.2) is 0 Å². The molecule has 16 heavy (non-hydrogen) atoms. The van der Waals surface area contributed by atoms with E-state index in [1.807, 2.05) is 6.92 Å². The molecule has 1 rings (SSSR count). The van der Waals surface area contributed by atoms with Gasteiger partial charge in [-0.05, 0) is 31.6 Å². The van der Waals surface area contributed by atoms with Gasteiger partial charge in [-0.1, -0.05) is 51.5 Å². The quantitative estimate of drug-likeness (QED) is 0.717. The first kappa shape index (κ1) is 13.5. The van der Waals surface area contributed by atoms with E-state index in [2.05, 4.69) is 52.8 Å². The molecule has 0 bridgehead atoms. The number of aliphatic hydroxyl groups is 1. The Morgan fingerprint density at radius 2 is 2.06 bits per heavy atom. The highest BCUT2D eigenvalue weighted by Crippen LogP contribution is 2.44. The normalized spacial score (nSPS) is 27.2. The lowest BCUT2D eigenvalue weighted by atomic mass is 9.76. The molecule has 1 N–H and O–H groups in total. The van der Waals surface area contributed by atoms with Crippen molar-refractivity contribution in [1.29, 1.82) is 0 Å². The molecule has 0 aromatic heterocycles. The van der Waals surface area contributed by atoms with Gasteiger partial charge < -0.3 is 5.11 Å². The van der Waals surface area contributed by atoms with Crippen LogP contribution in [-0.2, 0) is 0 Å². The third-order valence-corrected chi connectivity index (χ3v) is 4.46. The molecule has 0 amide bonds. The van der Waals surface area contributed by atoms with Gasteiger partial charge in [0.05, 0.1) is 6.10 Å². The SMILES string of the molecule is CC1=CC[C@@H](/C=C/C(C)(C)[C@@H](C)O)C1(C)C. The molecule has 0 radical (unpaired) electrons. The van der Waals surface area contributed by atoms with Crippen molar-refractivity contribution in [3.8, 4) is 0 Å². The Kier molecular flexibility index (Phi) is 3.69. The summed E-state index contributed by atoms with van der Waals surface area (Å²) in [7, 11) is 0. The molecular formula is C15H26O. The van der Waals surface area contributed by atoms with E-state index in [9.17, 15) is 5.11 Å². The lowest BCUT2D eigenvalue weighted by Gasteiger charge is -2.29. The summed E-state index contributed by atoms with van der Waals surface area (Å²) < 4.78 is 0. The Morgan fingerprint density at radius 3 is 2.44 bits per heavy atom. The second kappa shape index (κ2) is 4.37. The lowest BCUT2D eigenvalue weighted by Crippen LogP contribution is -2.25. The van der Waals surface area contributed by atoms with Gasteiger partial charge in [0.25, 0.3) is 0 Å². The van der Waals surface area contributed by atoms with Crippen molar-refractivity contribution in [1.82, 2.24) is 0 Å². The summed E-state index contributed by atoms with van der Waals surface area (Å²) in [6.45, 7) is 12.8. The van der Waals surface area contributed by atoms with Gasteiger partial charge in [0.1, 0.15) is 0 Å². The fourth-order valence-electron chi connectivity index (χ4n) is 1.98. The van der Waals surface area contributed by atoms with Crippen molar-refractivity contribution in [2.45, 2.75) is 54.1 Å². The molecule has 2 atom stereocenters. The molecular weight excluding hydrogens is 196 g/mol. The summed E-state index contributed by atoms with van der Waals surface area (Å²) in [5.41, 5.74) is 1.62. The summed E-state index contributed by atoms with van der Waals surface area (Å²) >= 11 is 0. The van der Waals surface area contributed by atoms with Gasteiger partial charge in [-0.2, -0.15) is 0 Å². The zero-order valence-electron chi connectivity index (χ0n) is 11.5. The van der Waals surface area contributed by atoms with Crippen molar-refractivity contribution in [2.75, 3.05) is 0 Å². The minimum atomic E-state index is -0.303. The average Bonchev–Trinajstić information content (AvgIpc) is 2.39. The fraction of sp³-hybridized carbons (Fsp3) is 0.733. The van der Waals surface area contributed by atoms with E-state index in [4.69, 9.17) is 0 Å². The molecule has 0 spiro atoms. The van der Waals surface area contributed by atoms with Crippen LogP contribution in [0.15, 0.2) is 23.8 Å². The van der Waals surface area contributed by atoms with Crippen LogP contribution in [0.1, 0.15) is 48.0 Å². The molecule has 1 heteroatoms. The summed E-state index contributed by atoms with van der Waals surface area (Å²) in [5.74, 6) is 0.575. The number of aliphatic hydroxyl groups excluding tert-OH is 1. The van der Waals surface area contributed by atoms with Gasteiger partial charge >= 0.3 is 0 Å². The van der Waals surface area contributed by atoms with E-state index in [0.29, 0.717) is 5.92 Å². The maximum absolute atomic E-state index is 9.67. The first-order valence-electron chi connectivity index (χ1n) is 6.22. The molecule has 0 aromatic carbocycles. The minimum absolute atomic E-state index is 0.132. The van der Waals surface area contributed by atoms with E-state index in [1.54, 1.807) is 0 Å². The molecule has 0 fully saturated rings. The first-order valence-corrected chi connectivity index (χ1v) is 6.22. The van der Waals surface area contributed by atoms with Crippen LogP contribution >= 0.6 is 0 Å². The zero-order valence-corrected chi connectivity index (χ0v) is 11.5. The predicted molar refractivity (Wildman–Crippen MR) is 70.2 cm³/mol. The molecule has 0 aromatic rings. The molecule has 1 aliphatic rings. The van der Waals surface area contributed by atoms with Crippen LogP contribution in [0, 0.1) is 16.7 Å². The summed E-state index contributed by atoms with van der Waals surface area (Å²) in [6.07, 6.45) is 7.63. The molecule has 0 unspecified atom stereocenters. The van der Waals surface area contributed by atoms with Gasteiger partial charge in [0.2, 0.25) is 0 Å². The van der Waals surface area contributed by atoms with E-state index in [1.165, 1.54) is 5.57 Å². The Hall–Kier alpha value is -0.560. The molecule has 1 aliphatic carbocycles. The minimum Gasteiger partial charge on any atom is -0.393 e. The number of hydrogen-bond acceptors (Lipinski definition) is 1. The Bertz CT molecular complexity index is 305. The van der Waals surface area contributed by atoms with Crippen LogP contribution < -0.4 is 0 Å². The van der Waals surface area contributed by atoms with Crippen molar-refractivity contribution < 1.29 is 5.11 Å². The second-order valence-electron chi connectivity index (χ2n) is 6.31. The van der Waals surface area contributed by atoms with Crippen LogP contribution in [0.25, 0.3) is 0 Å². The molecule has 92 valence electrons. The van der Waals surface area contributed by atoms with Gasteiger partial charge in [-0.3, -0.25) is 0 Å². The topological polar surface area (TPSA) is 20.2 Å². The monoisotopic (exact) mass is 222 g/mol. The Labute approximate surface area is 100 Å². The lowest BCUT2D eigenvalue weighted by molar-refractivity contribution is 0.0989. The summed E-state index contributed by atoms with van der Waals surface area (Å²) in [5, 5.41) is 9.67. The van der Waals surface area contributed by atoms with Crippen LogP contribution in [-0.4, -0.2) is 11.2 Å². The van der Waals surface area contributed by atoms with Crippen molar-refractivity contribution in [3.63, 3.8) is 0 Å². The second-order valence-corrected chi connectivity index (χ2v) is 6.31. The molecule has 0 saturated heterocycles. The van der Waals surface area contributed by atoms with Crippen LogP contribution in [0.4, 0.5) is 0 Å². The molecule has 0 heterocycles. The summed E-state index contributed by atoms with van der Waals surface area (Å²) in [6, 6.07) is 0. The highest BCUT2D eigenvalue weighted by atomic mass is 16.3. The third kappa shape index (κ3) is 2.57. The number of rotatable bonds is 3. The first-order chi connectivity index (χ1) is 7.18. The van der Waals surface area contributed by atoms with Crippen LogP contribution in [0.2, 0.25) is 0 Å². The maximum atomic E-state index is 9.67. The van der Waals surface area contributed by atoms with Crippen molar-refractivity contribution in [2.24, 2.45) is 16.7 Å². The zero-order chi connectivity index (χ0) is 12.6. The average molecular weight is 222 g/mol. The largest absolute Gasteiger partial charge is 0.393 e. The summed E-state index contributed by atoms with van der Waals surface area (Å²) in [4.78, 5) is 0. The van der Waals surface area contributed by atoms with E-state index in [0.717, 1.165) is 6.42 Å². The van der Waals surface area contributed by atoms with Gasteiger partial charge in [0, 0.05) is 5.41 Å². The van der Waals surface area contributed by atoms with E-state index < -0.39 is 0 Å². The standard InChI is InChI=1S/C15H26O/c1-11-7-8-13(15(11,5)6)9-10-14(3,4)12(2)16/h7,9-10,12-13,16H,8H2,1-6H3/b10-9+/t12-,13+/m1/s1. The third-order valence-electron chi connectivity index (χ3n) is 4.46. The molecule has 0 saturated carbocycles. The van der Waals surface area contributed by atoms with Crippen LogP contribution in [0.5, 0.6) is 0 Å². The predicted octanol–water partition coefficient (Wildman–Crippen LogP) is 3.94. The van der Waals surface area contributed by atoms with E-state index in [-0.39, 0.29) is 16.9 Å². The highest BCUT2D eigenvalue weighted by Gasteiger charge is 2.33. The van der Waals surface area contributed by atoms with Gasteiger partial charge in [-0.25, -0.2) is 0 Å². The highest BCUT2D eigenvalue weighted by molar-refractivity contribution is 5.22. The van der Waals surface area contributed by atoms with E-state index >= 15 is 0 Å². The number of hydrogen-bond donors (Lipinski definition) is 1. The Balaban J connectivity index is 2.74. The van der Waals surface area contributed by atoms with Gasteiger partial charge in [-0.15, -0.1) is 0 Å². The number of allylic oxidation sites excluding steroid dienone is 3. The van der Waals surface area contributed by atoms with Crippen molar-refractivity contribution >= 4 is 0 Å². The molecule has 0 aliphatic heterocycles. The smallest absolute Gasteiger partial charge is 0.0597 e. The fourth-order valence-corrected chi connectivity index (χ4v) is 1.98. The van der Waals surface area contributed by atoms with Crippen molar-refractivity contribution in [3.05, 3.63) is 23.8 Å². The molecule has 1 nitrogen and oxygen atoms in total. The maximum Gasteiger partial charge on any atom is 0.0597 e. The Morgan fingerprint density at radius 1 is 1.50 bits per heavy atom. The van der Waals surface area contributed by atoms with Crippen LogP contribution in [0.3, 0.4) is 0 Å².